The number of methoxy groups -OCH3 is 1. The summed E-state index contributed by atoms with van der Waals surface area (Å²) in [5.74, 6) is -0.434. The van der Waals surface area contributed by atoms with Crippen LogP contribution < -0.4 is 5.73 Å². The van der Waals surface area contributed by atoms with Crippen molar-refractivity contribution in [2.45, 2.75) is 12.8 Å². The molecule has 1 rings (SSSR count). The molecule has 0 aliphatic carbocycles. The maximum absolute atomic E-state index is 11.0. The molecule has 0 aliphatic rings. The van der Waals surface area contributed by atoms with Crippen LogP contribution in [0.5, 0.6) is 0 Å². The molecular weight excluding hydrogens is 190 g/mol. The van der Waals surface area contributed by atoms with E-state index in [1.54, 1.807) is 0 Å². The molecule has 13 heavy (non-hydrogen) atoms. The zero-order valence-corrected chi connectivity index (χ0v) is 8.13. The Morgan fingerprint density at radius 2 is 2.38 bits per heavy atom. The number of ether oxygens (including phenoxy) is 1. The van der Waals surface area contributed by atoms with Crippen molar-refractivity contribution in [2.24, 2.45) is 5.73 Å². The second kappa shape index (κ2) is 4.88. The van der Waals surface area contributed by atoms with Crippen molar-refractivity contribution in [2.75, 3.05) is 13.7 Å². The minimum Gasteiger partial charge on any atom is -0.464 e. The molecule has 6 heteroatoms. The lowest BCUT2D eigenvalue weighted by Crippen LogP contribution is -1.99. The molecule has 5 nitrogen and oxygen atoms in total. The second-order valence-electron chi connectivity index (χ2n) is 2.38. The maximum Gasteiger partial charge on any atom is 0.369 e. The Bertz CT molecular complexity index is 287. The molecule has 0 aliphatic heterocycles. The molecule has 2 N–H and O–H groups in total. The molecule has 0 aromatic carbocycles. The average Bonchev–Trinajstić information content (AvgIpc) is 2.62. The molecule has 1 aromatic heterocycles. The number of aryl methyl sites for hydroxylation is 1. The van der Waals surface area contributed by atoms with Crippen molar-refractivity contribution < 1.29 is 9.53 Å². The highest BCUT2D eigenvalue weighted by Gasteiger charge is 2.11. The minimum atomic E-state index is -0.434. The molecule has 1 aromatic rings. The Morgan fingerprint density at radius 1 is 1.62 bits per heavy atom. The van der Waals surface area contributed by atoms with Gasteiger partial charge in [-0.2, -0.15) is 0 Å². The molecule has 0 saturated heterocycles. The molecule has 72 valence electrons. The van der Waals surface area contributed by atoms with E-state index in [0.717, 1.165) is 17.8 Å². The van der Waals surface area contributed by atoms with Crippen LogP contribution in [0.3, 0.4) is 0 Å². The summed E-state index contributed by atoms with van der Waals surface area (Å²) in [6.45, 7) is 0.618. The first-order valence-electron chi connectivity index (χ1n) is 3.88. The SMILES string of the molecule is COC(=O)c1nnc(CCCN)s1. The third kappa shape index (κ3) is 2.74. The lowest BCUT2D eigenvalue weighted by Gasteiger charge is -1.90. The zero-order chi connectivity index (χ0) is 9.68. The van der Waals surface area contributed by atoms with Gasteiger partial charge in [0.1, 0.15) is 5.01 Å². The standard InChI is InChI=1S/C7H11N3O2S/c1-12-7(11)6-10-9-5(13-6)3-2-4-8/h2-4,8H2,1H3. The van der Waals surface area contributed by atoms with Crippen molar-refractivity contribution >= 4 is 17.3 Å². The number of esters is 1. The van der Waals surface area contributed by atoms with E-state index in [1.165, 1.54) is 18.4 Å². The van der Waals surface area contributed by atoms with E-state index >= 15 is 0 Å². The van der Waals surface area contributed by atoms with Crippen LogP contribution in [0.4, 0.5) is 0 Å². The molecule has 0 spiro atoms. The Morgan fingerprint density at radius 3 is 3.00 bits per heavy atom. The van der Waals surface area contributed by atoms with Crippen molar-refractivity contribution in [3.05, 3.63) is 10.0 Å². The predicted octanol–water partition coefficient (Wildman–Crippen LogP) is 0.216. The predicted molar refractivity (Wildman–Crippen MR) is 48.6 cm³/mol. The van der Waals surface area contributed by atoms with Crippen LogP contribution in [0.15, 0.2) is 0 Å². The van der Waals surface area contributed by atoms with E-state index in [-0.39, 0.29) is 0 Å². The Labute approximate surface area is 79.9 Å². The largest absolute Gasteiger partial charge is 0.464 e. The lowest BCUT2D eigenvalue weighted by molar-refractivity contribution is 0.0599. The zero-order valence-electron chi connectivity index (χ0n) is 7.32. The van der Waals surface area contributed by atoms with Gasteiger partial charge in [-0.05, 0) is 13.0 Å². The van der Waals surface area contributed by atoms with Crippen molar-refractivity contribution in [1.29, 1.82) is 0 Å². The van der Waals surface area contributed by atoms with E-state index < -0.39 is 5.97 Å². The smallest absolute Gasteiger partial charge is 0.369 e. The van der Waals surface area contributed by atoms with E-state index in [1.807, 2.05) is 0 Å². The first kappa shape index (κ1) is 10.1. The molecule has 1 heterocycles. The Balaban J connectivity index is 2.58. The quantitative estimate of drug-likeness (QED) is 0.705. The van der Waals surface area contributed by atoms with Gasteiger partial charge in [0, 0.05) is 6.42 Å². The van der Waals surface area contributed by atoms with Crippen molar-refractivity contribution in [3.63, 3.8) is 0 Å². The van der Waals surface area contributed by atoms with Gasteiger partial charge in [0.25, 0.3) is 0 Å². The van der Waals surface area contributed by atoms with E-state index in [9.17, 15) is 4.79 Å². The average molecular weight is 201 g/mol. The summed E-state index contributed by atoms with van der Waals surface area (Å²) in [6.07, 6.45) is 1.63. The number of nitrogens with two attached hydrogens (primary N) is 1. The topological polar surface area (TPSA) is 78.1 Å². The number of carbonyl (C=O) groups is 1. The van der Waals surface area contributed by atoms with Gasteiger partial charge in [0.15, 0.2) is 0 Å². The van der Waals surface area contributed by atoms with Gasteiger partial charge in [0.2, 0.25) is 5.01 Å². The first-order valence-corrected chi connectivity index (χ1v) is 4.70. The van der Waals surface area contributed by atoms with Gasteiger partial charge in [0.05, 0.1) is 7.11 Å². The molecule has 0 radical (unpaired) electrons. The fourth-order valence-electron chi connectivity index (χ4n) is 0.778. The van der Waals surface area contributed by atoms with Crippen LogP contribution in [0.25, 0.3) is 0 Å². The molecule has 0 saturated carbocycles. The van der Waals surface area contributed by atoms with Gasteiger partial charge < -0.3 is 10.5 Å². The summed E-state index contributed by atoms with van der Waals surface area (Å²) in [5.41, 5.74) is 5.33. The van der Waals surface area contributed by atoms with Gasteiger partial charge in [-0.25, -0.2) is 4.79 Å². The normalized spacial score (nSPS) is 10.0. The van der Waals surface area contributed by atoms with Gasteiger partial charge in [-0.3, -0.25) is 0 Å². The summed E-state index contributed by atoms with van der Waals surface area (Å²) in [7, 11) is 1.32. The number of nitrogens with zero attached hydrogens (tertiary/aromatic N) is 2. The highest BCUT2D eigenvalue weighted by Crippen LogP contribution is 2.11. The molecule has 0 bridgehead atoms. The summed E-state index contributed by atoms with van der Waals surface area (Å²) in [4.78, 5) is 11.0. The highest BCUT2D eigenvalue weighted by molar-refractivity contribution is 7.13. The number of hydrogen-bond donors (Lipinski definition) is 1. The Hall–Kier alpha value is -1.01. The molecule has 0 atom stereocenters. The van der Waals surface area contributed by atoms with Crippen molar-refractivity contribution in [3.8, 4) is 0 Å². The maximum atomic E-state index is 11.0. The molecule has 0 unspecified atom stereocenters. The second-order valence-corrected chi connectivity index (χ2v) is 3.45. The van der Waals surface area contributed by atoms with Crippen LogP contribution in [-0.4, -0.2) is 29.8 Å². The minimum absolute atomic E-state index is 0.300. The number of hydrogen-bond acceptors (Lipinski definition) is 6. The summed E-state index contributed by atoms with van der Waals surface area (Å²) >= 11 is 1.25. The van der Waals surface area contributed by atoms with E-state index in [2.05, 4.69) is 14.9 Å². The van der Waals surface area contributed by atoms with Gasteiger partial charge in [-0.15, -0.1) is 10.2 Å². The van der Waals surface area contributed by atoms with Crippen LogP contribution >= 0.6 is 11.3 Å². The Kier molecular flexibility index (Phi) is 3.78. The lowest BCUT2D eigenvalue weighted by atomic mass is 10.3. The molecule has 0 amide bonds. The van der Waals surface area contributed by atoms with Crippen LogP contribution in [0.1, 0.15) is 21.2 Å². The van der Waals surface area contributed by atoms with Gasteiger partial charge >= 0.3 is 5.97 Å². The first-order chi connectivity index (χ1) is 6.27. The third-order valence-electron chi connectivity index (χ3n) is 1.42. The number of aromatic nitrogens is 2. The highest BCUT2D eigenvalue weighted by atomic mass is 32.1. The van der Waals surface area contributed by atoms with Crippen LogP contribution in [0, 0.1) is 0 Å². The molecular formula is C7H11N3O2S. The van der Waals surface area contributed by atoms with Crippen molar-refractivity contribution in [1.82, 2.24) is 10.2 Å². The monoisotopic (exact) mass is 201 g/mol. The summed E-state index contributed by atoms with van der Waals surface area (Å²) in [6, 6.07) is 0. The molecule has 0 fully saturated rings. The number of rotatable bonds is 4. The van der Waals surface area contributed by atoms with E-state index in [0.29, 0.717) is 11.6 Å². The fraction of sp³-hybridized carbons (Fsp3) is 0.571. The summed E-state index contributed by atoms with van der Waals surface area (Å²) < 4.78 is 4.50. The van der Waals surface area contributed by atoms with Crippen LogP contribution in [-0.2, 0) is 11.2 Å². The fourth-order valence-corrected chi connectivity index (χ4v) is 1.58. The third-order valence-corrected chi connectivity index (χ3v) is 2.38. The van der Waals surface area contributed by atoms with Gasteiger partial charge in [-0.1, -0.05) is 11.3 Å². The summed E-state index contributed by atoms with van der Waals surface area (Å²) in [5, 5.41) is 8.65. The van der Waals surface area contributed by atoms with Crippen LogP contribution in [0.2, 0.25) is 0 Å². The number of carbonyl (C=O) groups excluding carboxylic acids is 1. The van der Waals surface area contributed by atoms with E-state index in [4.69, 9.17) is 5.73 Å².